The summed E-state index contributed by atoms with van der Waals surface area (Å²) in [6.45, 7) is 10.1. The van der Waals surface area contributed by atoms with Gasteiger partial charge >= 0.3 is 0 Å². The van der Waals surface area contributed by atoms with E-state index < -0.39 is 0 Å². The third kappa shape index (κ3) is 6.74. The highest BCUT2D eigenvalue weighted by Gasteiger charge is 2.13. The molecule has 0 spiro atoms. The van der Waals surface area contributed by atoms with Crippen LogP contribution in [0.3, 0.4) is 0 Å². The van der Waals surface area contributed by atoms with Crippen LogP contribution in [-0.4, -0.2) is 31.6 Å². The first-order valence-corrected chi connectivity index (χ1v) is 7.60. The van der Waals surface area contributed by atoms with Gasteiger partial charge in [-0.2, -0.15) is 0 Å². The van der Waals surface area contributed by atoms with Crippen LogP contribution in [0.4, 0.5) is 0 Å². The van der Waals surface area contributed by atoms with Gasteiger partial charge in [-0.05, 0) is 44.5 Å². The standard InChI is InChI=1S/C17H30N2/c1-5-12-18-17(16-9-7-6-8-10-16)14-19(4)13-11-15(2)3/h6-10,15,17-18H,5,11-14H2,1-4H3. The maximum absolute atomic E-state index is 3.66. The Bertz CT molecular complexity index is 321. The summed E-state index contributed by atoms with van der Waals surface area (Å²) >= 11 is 0. The Morgan fingerprint density at radius 1 is 1.16 bits per heavy atom. The molecular formula is C17H30N2. The number of likely N-dealkylation sites (N-methyl/N-ethyl adjacent to an activating group) is 1. The molecule has 19 heavy (non-hydrogen) atoms. The first kappa shape index (κ1) is 16.2. The number of nitrogens with one attached hydrogen (secondary N) is 1. The molecule has 2 nitrogen and oxygen atoms in total. The number of hydrogen-bond donors (Lipinski definition) is 1. The van der Waals surface area contributed by atoms with Crippen molar-refractivity contribution in [1.29, 1.82) is 0 Å². The molecule has 1 aromatic rings. The lowest BCUT2D eigenvalue weighted by Gasteiger charge is -2.26. The molecule has 0 aliphatic carbocycles. The van der Waals surface area contributed by atoms with Crippen LogP contribution < -0.4 is 5.32 Å². The van der Waals surface area contributed by atoms with Gasteiger partial charge in [0.1, 0.15) is 0 Å². The first-order chi connectivity index (χ1) is 9.13. The van der Waals surface area contributed by atoms with E-state index in [2.05, 4.69) is 68.4 Å². The van der Waals surface area contributed by atoms with Crippen molar-refractivity contribution in [3.63, 3.8) is 0 Å². The highest BCUT2D eigenvalue weighted by Crippen LogP contribution is 2.14. The largest absolute Gasteiger partial charge is 0.309 e. The van der Waals surface area contributed by atoms with E-state index in [1.54, 1.807) is 0 Å². The summed E-state index contributed by atoms with van der Waals surface area (Å²) in [5, 5.41) is 3.66. The van der Waals surface area contributed by atoms with Crippen LogP contribution in [0.1, 0.15) is 45.2 Å². The zero-order valence-corrected chi connectivity index (χ0v) is 13.0. The van der Waals surface area contributed by atoms with Crippen LogP contribution in [0.15, 0.2) is 30.3 Å². The SMILES string of the molecule is CCCNC(CN(C)CCC(C)C)c1ccccc1. The Morgan fingerprint density at radius 2 is 1.84 bits per heavy atom. The molecule has 0 saturated heterocycles. The van der Waals surface area contributed by atoms with Crippen molar-refractivity contribution in [2.24, 2.45) is 5.92 Å². The molecule has 0 aliphatic rings. The first-order valence-electron chi connectivity index (χ1n) is 7.60. The van der Waals surface area contributed by atoms with E-state index >= 15 is 0 Å². The van der Waals surface area contributed by atoms with Crippen molar-refractivity contribution in [2.45, 2.75) is 39.7 Å². The van der Waals surface area contributed by atoms with Crippen LogP contribution in [0.25, 0.3) is 0 Å². The van der Waals surface area contributed by atoms with Crippen LogP contribution in [0, 0.1) is 5.92 Å². The molecule has 0 aromatic heterocycles. The Hall–Kier alpha value is -0.860. The maximum Gasteiger partial charge on any atom is 0.0449 e. The molecule has 2 heteroatoms. The Labute approximate surface area is 119 Å². The molecule has 0 heterocycles. The van der Waals surface area contributed by atoms with Gasteiger partial charge < -0.3 is 10.2 Å². The topological polar surface area (TPSA) is 15.3 Å². The van der Waals surface area contributed by atoms with Crippen LogP contribution in [0.2, 0.25) is 0 Å². The summed E-state index contributed by atoms with van der Waals surface area (Å²) in [4.78, 5) is 2.44. The third-order valence-electron chi connectivity index (χ3n) is 3.43. The minimum atomic E-state index is 0.443. The minimum Gasteiger partial charge on any atom is -0.309 e. The highest BCUT2D eigenvalue weighted by atomic mass is 15.1. The van der Waals surface area contributed by atoms with Crippen molar-refractivity contribution >= 4 is 0 Å². The van der Waals surface area contributed by atoms with Crippen LogP contribution in [-0.2, 0) is 0 Å². The van der Waals surface area contributed by atoms with Gasteiger partial charge in [-0.3, -0.25) is 0 Å². The second-order valence-corrected chi connectivity index (χ2v) is 5.86. The molecule has 108 valence electrons. The summed E-state index contributed by atoms with van der Waals surface area (Å²) in [7, 11) is 2.23. The number of hydrogen-bond acceptors (Lipinski definition) is 2. The Balaban J connectivity index is 2.54. The predicted molar refractivity (Wildman–Crippen MR) is 84.4 cm³/mol. The number of benzene rings is 1. The molecule has 0 saturated carbocycles. The van der Waals surface area contributed by atoms with E-state index in [-0.39, 0.29) is 0 Å². The third-order valence-corrected chi connectivity index (χ3v) is 3.43. The molecule has 0 radical (unpaired) electrons. The van der Waals surface area contributed by atoms with Gasteiger partial charge in [0.2, 0.25) is 0 Å². The summed E-state index contributed by atoms with van der Waals surface area (Å²) in [5.41, 5.74) is 1.40. The van der Waals surface area contributed by atoms with Gasteiger partial charge in [0.05, 0.1) is 0 Å². The van der Waals surface area contributed by atoms with E-state index in [9.17, 15) is 0 Å². The molecule has 0 amide bonds. The number of nitrogens with zero attached hydrogens (tertiary/aromatic N) is 1. The molecular weight excluding hydrogens is 232 g/mol. The van der Waals surface area contributed by atoms with Crippen molar-refractivity contribution in [1.82, 2.24) is 10.2 Å². The maximum atomic E-state index is 3.66. The second kappa shape index (κ2) is 9.11. The van der Waals surface area contributed by atoms with Gasteiger partial charge in [-0.25, -0.2) is 0 Å². The van der Waals surface area contributed by atoms with E-state index in [1.807, 2.05) is 0 Å². The summed E-state index contributed by atoms with van der Waals surface area (Å²) in [6, 6.07) is 11.2. The Morgan fingerprint density at radius 3 is 2.42 bits per heavy atom. The number of rotatable bonds is 9. The van der Waals surface area contributed by atoms with E-state index in [4.69, 9.17) is 0 Å². The van der Waals surface area contributed by atoms with Gasteiger partial charge in [0.15, 0.2) is 0 Å². The molecule has 0 fully saturated rings. The average molecular weight is 262 g/mol. The van der Waals surface area contributed by atoms with Gasteiger partial charge in [-0.15, -0.1) is 0 Å². The minimum absolute atomic E-state index is 0.443. The Kier molecular flexibility index (Phi) is 7.76. The van der Waals surface area contributed by atoms with Crippen LogP contribution in [0.5, 0.6) is 0 Å². The lowest BCUT2D eigenvalue weighted by atomic mass is 10.1. The van der Waals surface area contributed by atoms with Crippen molar-refractivity contribution in [3.05, 3.63) is 35.9 Å². The molecule has 1 rings (SSSR count). The lowest BCUT2D eigenvalue weighted by molar-refractivity contribution is 0.274. The molecule has 1 atom stereocenters. The van der Waals surface area contributed by atoms with Crippen molar-refractivity contribution in [3.8, 4) is 0 Å². The summed E-state index contributed by atoms with van der Waals surface area (Å²) < 4.78 is 0. The van der Waals surface area contributed by atoms with E-state index in [1.165, 1.54) is 24.9 Å². The quantitative estimate of drug-likeness (QED) is 0.730. The zero-order chi connectivity index (χ0) is 14.1. The lowest BCUT2D eigenvalue weighted by Crippen LogP contribution is -2.34. The zero-order valence-electron chi connectivity index (χ0n) is 13.0. The van der Waals surface area contributed by atoms with Crippen molar-refractivity contribution < 1.29 is 0 Å². The van der Waals surface area contributed by atoms with Crippen LogP contribution >= 0.6 is 0 Å². The van der Waals surface area contributed by atoms with Crippen molar-refractivity contribution in [2.75, 3.05) is 26.7 Å². The van der Waals surface area contributed by atoms with Gasteiger partial charge in [0, 0.05) is 12.6 Å². The highest BCUT2D eigenvalue weighted by molar-refractivity contribution is 5.19. The molecule has 0 bridgehead atoms. The van der Waals surface area contributed by atoms with E-state index in [0.29, 0.717) is 6.04 Å². The fourth-order valence-corrected chi connectivity index (χ4v) is 2.17. The second-order valence-electron chi connectivity index (χ2n) is 5.86. The molecule has 1 unspecified atom stereocenters. The summed E-state index contributed by atoms with van der Waals surface area (Å²) in [6.07, 6.45) is 2.45. The smallest absolute Gasteiger partial charge is 0.0449 e. The van der Waals surface area contributed by atoms with E-state index in [0.717, 1.165) is 19.0 Å². The normalized spacial score (nSPS) is 13.2. The monoisotopic (exact) mass is 262 g/mol. The average Bonchev–Trinajstić information content (AvgIpc) is 2.42. The fourth-order valence-electron chi connectivity index (χ4n) is 2.17. The van der Waals surface area contributed by atoms with Gasteiger partial charge in [0.25, 0.3) is 0 Å². The summed E-state index contributed by atoms with van der Waals surface area (Å²) in [5.74, 6) is 0.779. The fraction of sp³-hybridized carbons (Fsp3) is 0.647. The van der Waals surface area contributed by atoms with Gasteiger partial charge in [-0.1, -0.05) is 51.1 Å². The molecule has 1 aromatic carbocycles. The molecule has 1 N–H and O–H groups in total. The molecule has 0 aliphatic heterocycles. The predicted octanol–water partition coefficient (Wildman–Crippen LogP) is 3.71.